The first kappa shape index (κ1) is 13.3. The third kappa shape index (κ3) is 3.65. The number of anilines is 1. The fraction of sp³-hybridized carbons (Fsp3) is 0.364. The molecule has 0 unspecified atom stereocenters. The summed E-state index contributed by atoms with van der Waals surface area (Å²) >= 11 is 0. The SMILES string of the molecule is CCN(C)C(=O)Nc1cccc(C(F)(F)F)c1. The molecule has 0 heterocycles. The molecule has 6 heteroatoms. The Hall–Kier alpha value is -1.72. The van der Waals surface area contributed by atoms with Gasteiger partial charge in [-0.3, -0.25) is 0 Å². The van der Waals surface area contributed by atoms with E-state index in [1.54, 1.807) is 14.0 Å². The molecule has 1 rings (SSSR count). The minimum absolute atomic E-state index is 0.130. The lowest BCUT2D eigenvalue weighted by atomic mass is 10.2. The number of carbonyl (C=O) groups excluding carboxylic acids is 1. The number of hydrogen-bond donors (Lipinski definition) is 1. The van der Waals surface area contributed by atoms with Crippen molar-refractivity contribution in [2.24, 2.45) is 0 Å². The maximum atomic E-state index is 12.4. The highest BCUT2D eigenvalue weighted by Crippen LogP contribution is 2.30. The van der Waals surface area contributed by atoms with Crippen LogP contribution >= 0.6 is 0 Å². The summed E-state index contributed by atoms with van der Waals surface area (Å²) in [5, 5.41) is 2.39. The van der Waals surface area contributed by atoms with Gasteiger partial charge in [0.2, 0.25) is 0 Å². The van der Waals surface area contributed by atoms with Gasteiger partial charge in [-0.25, -0.2) is 4.79 Å². The van der Waals surface area contributed by atoms with Gasteiger partial charge in [0.15, 0.2) is 0 Å². The molecule has 17 heavy (non-hydrogen) atoms. The monoisotopic (exact) mass is 246 g/mol. The summed E-state index contributed by atoms with van der Waals surface area (Å²) in [6, 6.07) is 4.09. The van der Waals surface area contributed by atoms with Crippen molar-refractivity contribution in [3.05, 3.63) is 29.8 Å². The number of urea groups is 1. The van der Waals surface area contributed by atoms with E-state index in [1.807, 2.05) is 0 Å². The molecule has 0 aliphatic heterocycles. The summed E-state index contributed by atoms with van der Waals surface area (Å²) in [5.41, 5.74) is -0.653. The molecular formula is C11H13F3N2O. The average Bonchev–Trinajstić information content (AvgIpc) is 2.27. The number of hydrogen-bond acceptors (Lipinski definition) is 1. The Kier molecular flexibility index (Phi) is 3.98. The number of nitrogens with zero attached hydrogens (tertiary/aromatic N) is 1. The number of benzene rings is 1. The minimum atomic E-state index is -4.41. The summed E-state index contributed by atoms with van der Waals surface area (Å²) < 4.78 is 37.2. The van der Waals surface area contributed by atoms with Crippen LogP contribution in [-0.4, -0.2) is 24.5 Å². The van der Waals surface area contributed by atoms with Gasteiger partial charge in [0.05, 0.1) is 5.56 Å². The number of carbonyl (C=O) groups is 1. The standard InChI is InChI=1S/C11H13F3N2O/c1-3-16(2)10(17)15-9-6-4-5-8(7-9)11(12,13)14/h4-7H,3H2,1-2H3,(H,15,17). The molecule has 0 fully saturated rings. The Labute approximate surface area is 97.2 Å². The van der Waals surface area contributed by atoms with Gasteiger partial charge in [-0.05, 0) is 25.1 Å². The van der Waals surface area contributed by atoms with Crippen LogP contribution in [-0.2, 0) is 6.18 Å². The van der Waals surface area contributed by atoms with Crippen molar-refractivity contribution in [3.63, 3.8) is 0 Å². The van der Waals surface area contributed by atoms with Crippen molar-refractivity contribution >= 4 is 11.7 Å². The van der Waals surface area contributed by atoms with Crippen LogP contribution in [0.15, 0.2) is 24.3 Å². The number of alkyl halides is 3. The highest BCUT2D eigenvalue weighted by atomic mass is 19.4. The van der Waals surface area contributed by atoms with Crippen molar-refractivity contribution in [3.8, 4) is 0 Å². The van der Waals surface area contributed by atoms with Crippen molar-refractivity contribution in [2.75, 3.05) is 18.9 Å². The maximum Gasteiger partial charge on any atom is 0.416 e. The summed E-state index contributed by atoms with van der Waals surface area (Å²) in [6.45, 7) is 2.25. The van der Waals surface area contributed by atoms with Crippen molar-refractivity contribution in [2.45, 2.75) is 13.1 Å². The average molecular weight is 246 g/mol. The second-order valence-electron chi connectivity index (χ2n) is 3.52. The van der Waals surface area contributed by atoms with E-state index >= 15 is 0 Å². The van der Waals surface area contributed by atoms with E-state index < -0.39 is 17.8 Å². The summed E-state index contributed by atoms with van der Waals surface area (Å²) in [6.07, 6.45) is -4.41. The lowest BCUT2D eigenvalue weighted by molar-refractivity contribution is -0.137. The minimum Gasteiger partial charge on any atom is -0.328 e. The van der Waals surface area contributed by atoms with Crippen molar-refractivity contribution in [1.29, 1.82) is 0 Å². The molecule has 0 bridgehead atoms. The van der Waals surface area contributed by atoms with E-state index in [4.69, 9.17) is 0 Å². The summed E-state index contributed by atoms with van der Waals surface area (Å²) in [7, 11) is 1.56. The van der Waals surface area contributed by atoms with E-state index in [-0.39, 0.29) is 5.69 Å². The smallest absolute Gasteiger partial charge is 0.328 e. The molecule has 94 valence electrons. The lowest BCUT2D eigenvalue weighted by Gasteiger charge is -2.16. The fourth-order valence-electron chi connectivity index (χ4n) is 1.14. The highest BCUT2D eigenvalue weighted by molar-refractivity contribution is 5.89. The zero-order valence-electron chi connectivity index (χ0n) is 9.51. The van der Waals surface area contributed by atoms with Crippen LogP contribution in [0.5, 0.6) is 0 Å². The first-order valence-electron chi connectivity index (χ1n) is 5.04. The molecule has 3 nitrogen and oxygen atoms in total. The first-order chi connectivity index (χ1) is 7.84. The quantitative estimate of drug-likeness (QED) is 0.853. The molecule has 0 radical (unpaired) electrons. The Balaban J connectivity index is 2.83. The number of amides is 2. The van der Waals surface area contributed by atoms with E-state index in [1.165, 1.54) is 17.0 Å². The fourth-order valence-corrected chi connectivity index (χ4v) is 1.14. The third-order valence-electron chi connectivity index (χ3n) is 2.26. The van der Waals surface area contributed by atoms with E-state index in [2.05, 4.69) is 5.32 Å². The molecule has 1 aromatic rings. The predicted molar refractivity (Wildman–Crippen MR) is 58.8 cm³/mol. The third-order valence-corrected chi connectivity index (χ3v) is 2.26. The maximum absolute atomic E-state index is 12.4. The molecular weight excluding hydrogens is 233 g/mol. The topological polar surface area (TPSA) is 32.3 Å². The van der Waals surface area contributed by atoms with Crippen LogP contribution in [0.25, 0.3) is 0 Å². The molecule has 0 saturated carbocycles. The van der Waals surface area contributed by atoms with Gasteiger partial charge in [0, 0.05) is 19.3 Å². The Morgan fingerprint density at radius 2 is 2.06 bits per heavy atom. The van der Waals surface area contributed by atoms with E-state index in [0.29, 0.717) is 6.54 Å². The van der Waals surface area contributed by atoms with Crippen LogP contribution in [0, 0.1) is 0 Å². The molecule has 0 aromatic heterocycles. The molecule has 0 saturated heterocycles. The summed E-state index contributed by atoms with van der Waals surface area (Å²) in [5.74, 6) is 0. The van der Waals surface area contributed by atoms with E-state index in [9.17, 15) is 18.0 Å². The molecule has 2 amide bonds. The van der Waals surface area contributed by atoms with Gasteiger partial charge in [-0.1, -0.05) is 6.07 Å². The van der Waals surface area contributed by atoms with Crippen LogP contribution in [0.2, 0.25) is 0 Å². The van der Waals surface area contributed by atoms with Crippen LogP contribution in [0.1, 0.15) is 12.5 Å². The van der Waals surface area contributed by atoms with Gasteiger partial charge in [-0.15, -0.1) is 0 Å². The molecule has 0 aliphatic carbocycles. The zero-order valence-corrected chi connectivity index (χ0v) is 9.51. The van der Waals surface area contributed by atoms with Crippen LogP contribution in [0.3, 0.4) is 0 Å². The number of nitrogens with one attached hydrogen (secondary N) is 1. The zero-order chi connectivity index (χ0) is 13.1. The van der Waals surface area contributed by atoms with Gasteiger partial charge >= 0.3 is 12.2 Å². The summed E-state index contributed by atoms with van der Waals surface area (Å²) in [4.78, 5) is 12.8. The first-order valence-corrected chi connectivity index (χ1v) is 5.04. The molecule has 1 aromatic carbocycles. The second-order valence-corrected chi connectivity index (χ2v) is 3.52. The molecule has 0 aliphatic rings. The number of halogens is 3. The Bertz CT molecular complexity index is 404. The van der Waals surface area contributed by atoms with E-state index in [0.717, 1.165) is 12.1 Å². The van der Waals surface area contributed by atoms with Crippen LogP contribution < -0.4 is 5.32 Å². The largest absolute Gasteiger partial charge is 0.416 e. The lowest BCUT2D eigenvalue weighted by Crippen LogP contribution is -2.31. The Morgan fingerprint density at radius 3 is 2.59 bits per heavy atom. The predicted octanol–water partition coefficient (Wildman–Crippen LogP) is 3.19. The van der Waals surface area contributed by atoms with Gasteiger partial charge in [0.1, 0.15) is 0 Å². The number of rotatable bonds is 2. The molecule has 1 N–H and O–H groups in total. The molecule has 0 spiro atoms. The Morgan fingerprint density at radius 1 is 1.41 bits per heavy atom. The van der Waals surface area contributed by atoms with Gasteiger partial charge < -0.3 is 10.2 Å². The van der Waals surface area contributed by atoms with Crippen LogP contribution in [0.4, 0.5) is 23.7 Å². The normalized spacial score (nSPS) is 11.1. The highest BCUT2D eigenvalue weighted by Gasteiger charge is 2.30. The van der Waals surface area contributed by atoms with Crippen molar-refractivity contribution in [1.82, 2.24) is 4.90 Å². The van der Waals surface area contributed by atoms with Crippen molar-refractivity contribution < 1.29 is 18.0 Å². The molecule has 0 atom stereocenters. The van der Waals surface area contributed by atoms with Gasteiger partial charge in [0.25, 0.3) is 0 Å². The van der Waals surface area contributed by atoms with Gasteiger partial charge in [-0.2, -0.15) is 13.2 Å². The second kappa shape index (κ2) is 5.07.